The Hall–Kier alpha value is -2.18. The van der Waals surface area contributed by atoms with E-state index in [0.717, 1.165) is 18.4 Å². The van der Waals surface area contributed by atoms with Gasteiger partial charge < -0.3 is 5.32 Å². The third-order valence-corrected chi connectivity index (χ3v) is 8.00. The van der Waals surface area contributed by atoms with E-state index in [-0.39, 0.29) is 22.3 Å². The Kier molecular flexibility index (Phi) is 6.92. The molecule has 1 aliphatic heterocycles. The van der Waals surface area contributed by atoms with Crippen molar-refractivity contribution < 1.29 is 13.2 Å². The Balaban J connectivity index is 1.72. The maximum absolute atomic E-state index is 13.0. The molecule has 0 radical (unpaired) electrons. The van der Waals surface area contributed by atoms with E-state index in [2.05, 4.69) is 45.1 Å². The number of nitrogens with zero attached hydrogens (tertiary/aromatic N) is 1. The third-order valence-electron chi connectivity index (χ3n) is 6.10. The highest BCUT2D eigenvalue weighted by Crippen LogP contribution is 2.25. The molecule has 2 aromatic carbocycles. The molecule has 1 atom stereocenters. The quantitative estimate of drug-likeness (QED) is 0.716. The van der Waals surface area contributed by atoms with Gasteiger partial charge in [0.25, 0.3) is 5.91 Å². The summed E-state index contributed by atoms with van der Waals surface area (Å²) in [6.45, 7) is 11.6. The summed E-state index contributed by atoms with van der Waals surface area (Å²) in [6, 6.07) is 14.4. The molecule has 0 spiro atoms. The fourth-order valence-corrected chi connectivity index (χ4v) is 5.32. The Morgan fingerprint density at radius 3 is 2.26 bits per heavy atom. The molecule has 3 rings (SSSR count). The first-order chi connectivity index (χ1) is 14.5. The molecule has 1 unspecified atom stereocenters. The van der Waals surface area contributed by atoms with Gasteiger partial charge in [0.1, 0.15) is 0 Å². The van der Waals surface area contributed by atoms with Gasteiger partial charge in [-0.05, 0) is 60.4 Å². The minimum atomic E-state index is -3.59. The second-order valence-corrected chi connectivity index (χ2v) is 11.6. The van der Waals surface area contributed by atoms with Crippen LogP contribution in [-0.2, 0) is 15.4 Å². The summed E-state index contributed by atoms with van der Waals surface area (Å²) in [5.41, 5.74) is 2.67. The lowest BCUT2D eigenvalue weighted by Crippen LogP contribution is -2.38. The van der Waals surface area contributed by atoms with Crippen LogP contribution < -0.4 is 5.32 Å². The molecule has 168 valence electrons. The molecule has 1 N–H and O–H groups in total. The van der Waals surface area contributed by atoms with Gasteiger partial charge in [0.2, 0.25) is 10.0 Å². The molecule has 0 aromatic heterocycles. The molecular formula is C25H34N2O3S. The molecule has 31 heavy (non-hydrogen) atoms. The highest BCUT2D eigenvalue weighted by molar-refractivity contribution is 7.89. The normalized spacial score (nSPS) is 17.3. The second kappa shape index (κ2) is 9.13. The van der Waals surface area contributed by atoms with E-state index < -0.39 is 10.0 Å². The molecule has 1 heterocycles. The summed E-state index contributed by atoms with van der Waals surface area (Å²) in [5, 5.41) is 2.99. The molecule has 0 bridgehead atoms. The number of hydrogen-bond donors (Lipinski definition) is 1. The highest BCUT2D eigenvalue weighted by atomic mass is 32.2. The number of amides is 1. The maximum Gasteiger partial charge on any atom is 0.251 e. The van der Waals surface area contributed by atoms with Crippen LogP contribution in [0.25, 0.3) is 0 Å². The van der Waals surface area contributed by atoms with Crippen molar-refractivity contribution in [1.29, 1.82) is 0 Å². The number of hydrogen-bond acceptors (Lipinski definition) is 3. The number of nitrogens with one attached hydrogen (secondary N) is 1. The van der Waals surface area contributed by atoms with E-state index in [4.69, 9.17) is 0 Å². The average molecular weight is 443 g/mol. The smallest absolute Gasteiger partial charge is 0.251 e. The molecule has 1 amide bonds. The van der Waals surface area contributed by atoms with Crippen LogP contribution in [0, 0.1) is 5.92 Å². The Labute approximate surface area is 186 Å². The molecule has 0 saturated carbocycles. The summed E-state index contributed by atoms with van der Waals surface area (Å²) in [7, 11) is -3.59. The van der Waals surface area contributed by atoms with E-state index in [9.17, 15) is 13.2 Å². The zero-order valence-corrected chi connectivity index (χ0v) is 20.0. The van der Waals surface area contributed by atoms with Crippen LogP contribution in [0.5, 0.6) is 0 Å². The Morgan fingerprint density at radius 1 is 1.06 bits per heavy atom. The number of carbonyl (C=O) groups is 1. The molecule has 1 fully saturated rings. The van der Waals surface area contributed by atoms with Crippen molar-refractivity contribution in [2.45, 2.75) is 63.8 Å². The first-order valence-corrected chi connectivity index (χ1v) is 12.4. The molecule has 0 aliphatic carbocycles. The summed E-state index contributed by atoms with van der Waals surface area (Å²) in [6.07, 6.45) is 1.73. The van der Waals surface area contributed by atoms with E-state index in [1.165, 1.54) is 15.9 Å². The fourth-order valence-electron chi connectivity index (χ4n) is 3.81. The van der Waals surface area contributed by atoms with Crippen molar-refractivity contribution in [2.24, 2.45) is 5.92 Å². The number of rotatable bonds is 5. The topological polar surface area (TPSA) is 66.5 Å². The van der Waals surface area contributed by atoms with Crippen LogP contribution in [0.1, 0.15) is 75.0 Å². The molecule has 2 aromatic rings. The van der Waals surface area contributed by atoms with Gasteiger partial charge in [0, 0.05) is 18.7 Å². The van der Waals surface area contributed by atoms with Crippen LogP contribution in [0.3, 0.4) is 0 Å². The summed E-state index contributed by atoms with van der Waals surface area (Å²) in [5.74, 6) is 0.263. The standard InChI is InChI=1S/C25H34N2O3S/c1-18-13-15-27(16-14-18)31(29,30)23-8-6-7-21(17-23)24(28)26-19(2)20-9-11-22(12-10-20)25(3,4)5/h6-12,17-19H,13-16H2,1-5H3,(H,26,28). The molecule has 5 nitrogen and oxygen atoms in total. The van der Waals surface area contributed by atoms with Gasteiger partial charge in [-0.15, -0.1) is 0 Å². The monoisotopic (exact) mass is 442 g/mol. The summed E-state index contributed by atoms with van der Waals surface area (Å²) in [4.78, 5) is 13.0. The number of piperidine rings is 1. The zero-order chi connectivity index (χ0) is 22.8. The predicted molar refractivity (Wildman–Crippen MR) is 125 cm³/mol. The molecular weight excluding hydrogens is 408 g/mol. The minimum absolute atomic E-state index is 0.0728. The van der Waals surface area contributed by atoms with Crippen LogP contribution in [0.4, 0.5) is 0 Å². The molecule has 1 saturated heterocycles. The number of carbonyl (C=O) groups excluding carboxylic acids is 1. The van der Waals surface area contributed by atoms with Crippen LogP contribution in [0.15, 0.2) is 53.4 Å². The fraction of sp³-hybridized carbons (Fsp3) is 0.480. The van der Waals surface area contributed by atoms with E-state index in [1.54, 1.807) is 18.2 Å². The van der Waals surface area contributed by atoms with Gasteiger partial charge in [0.15, 0.2) is 0 Å². The zero-order valence-electron chi connectivity index (χ0n) is 19.2. The van der Waals surface area contributed by atoms with Gasteiger partial charge in [-0.2, -0.15) is 4.31 Å². The highest BCUT2D eigenvalue weighted by Gasteiger charge is 2.28. The SMILES string of the molecule is CC1CCN(S(=O)(=O)c2cccc(C(=O)NC(C)c3ccc(C(C)(C)C)cc3)c2)CC1. The van der Waals surface area contributed by atoms with Gasteiger partial charge in [0.05, 0.1) is 10.9 Å². The van der Waals surface area contributed by atoms with Gasteiger partial charge >= 0.3 is 0 Å². The van der Waals surface area contributed by atoms with Crippen LogP contribution >= 0.6 is 0 Å². The van der Waals surface area contributed by atoms with E-state index >= 15 is 0 Å². The van der Waals surface area contributed by atoms with Crippen molar-refractivity contribution in [3.8, 4) is 0 Å². The lowest BCUT2D eigenvalue weighted by atomic mass is 9.86. The predicted octanol–water partition coefficient (Wildman–Crippen LogP) is 4.90. The van der Waals surface area contributed by atoms with Gasteiger partial charge in [-0.3, -0.25) is 4.79 Å². The summed E-state index contributed by atoms with van der Waals surface area (Å²) >= 11 is 0. The van der Waals surface area contributed by atoms with Gasteiger partial charge in [-0.25, -0.2) is 8.42 Å². The Bertz CT molecular complexity index is 1020. The van der Waals surface area contributed by atoms with Crippen molar-refractivity contribution in [2.75, 3.05) is 13.1 Å². The lowest BCUT2D eigenvalue weighted by molar-refractivity contribution is 0.0939. The third kappa shape index (κ3) is 5.55. The van der Waals surface area contributed by atoms with Crippen molar-refractivity contribution in [3.63, 3.8) is 0 Å². The first kappa shape index (κ1) is 23.5. The maximum atomic E-state index is 13.0. The average Bonchev–Trinajstić information content (AvgIpc) is 2.73. The van der Waals surface area contributed by atoms with Crippen molar-refractivity contribution >= 4 is 15.9 Å². The largest absolute Gasteiger partial charge is 0.346 e. The second-order valence-electron chi connectivity index (χ2n) is 9.68. The minimum Gasteiger partial charge on any atom is -0.346 e. The molecule has 1 aliphatic rings. The first-order valence-electron chi connectivity index (χ1n) is 11.0. The van der Waals surface area contributed by atoms with Crippen LogP contribution in [0.2, 0.25) is 0 Å². The number of sulfonamides is 1. The van der Waals surface area contributed by atoms with Crippen LogP contribution in [-0.4, -0.2) is 31.7 Å². The Morgan fingerprint density at radius 2 is 1.68 bits per heavy atom. The van der Waals surface area contributed by atoms with E-state index in [1.807, 2.05) is 19.1 Å². The van der Waals surface area contributed by atoms with Crippen molar-refractivity contribution in [3.05, 3.63) is 65.2 Å². The summed E-state index contributed by atoms with van der Waals surface area (Å²) < 4.78 is 27.6. The number of benzene rings is 2. The van der Waals surface area contributed by atoms with Gasteiger partial charge in [-0.1, -0.05) is 58.0 Å². The molecule has 6 heteroatoms. The lowest BCUT2D eigenvalue weighted by Gasteiger charge is -2.29. The van der Waals surface area contributed by atoms with Crippen molar-refractivity contribution in [1.82, 2.24) is 9.62 Å². The van der Waals surface area contributed by atoms with E-state index in [0.29, 0.717) is 24.6 Å².